The number of nitrogens with two attached hydrogens (primary N) is 1. The van der Waals surface area contributed by atoms with E-state index in [2.05, 4.69) is 10.3 Å². The highest BCUT2D eigenvalue weighted by molar-refractivity contribution is 5.94. The van der Waals surface area contributed by atoms with Gasteiger partial charge in [0.1, 0.15) is 11.9 Å². The molecule has 0 aliphatic carbocycles. The van der Waals surface area contributed by atoms with Gasteiger partial charge in [-0.2, -0.15) is 0 Å². The minimum Gasteiger partial charge on any atom is -0.338 e. The first-order chi connectivity index (χ1) is 12.1. The molecule has 0 fully saturated rings. The lowest BCUT2D eigenvalue weighted by Gasteiger charge is -2.19. The molecule has 0 bridgehead atoms. The van der Waals surface area contributed by atoms with Gasteiger partial charge in [0.15, 0.2) is 0 Å². The summed E-state index contributed by atoms with van der Waals surface area (Å²) in [6.07, 6.45) is 3.61. The molecule has 0 saturated heterocycles. The topological polar surface area (TPSA) is 72.9 Å². The highest BCUT2D eigenvalue weighted by Crippen LogP contribution is 2.21. The van der Waals surface area contributed by atoms with Crippen molar-refractivity contribution < 1.29 is 4.79 Å². The Morgan fingerprint density at radius 2 is 1.84 bits per heavy atom. The fourth-order valence-corrected chi connectivity index (χ4v) is 2.72. The molecule has 1 heterocycles. The van der Waals surface area contributed by atoms with Gasteiger partial charge < -0.3 is 15.6 Å². The summed E-state index contributed by atoms with van der Waals surface area (Å²) in [5, 5.41) is 3.10. The molecule has 0 aliphatic rings. The van der Waals surface area contributed by atoms with Gasteiger partial charge in [-0.15, -0.1) is 0 Å². The summed E-state index contributed by atoms with van der Waals surface area (Å²) in [6.45, 7) is 2.50. The molecular weight excluding hydrogens is 312 g/mol. The van der Waals surface area contributed by atoms with E-state index in [-0.39, 0.29) is 11.9 Å². The normalized spacial score (nSPS) is 12.0. The maximum absolute atomic E-state index is 12.7. The van der Waals surface area contributed by atoms with Crippen LogP contribution in [-0.2, 0) is 13.6 Å². The zero-order valence-corrected chi connectivity index (χ0v) is 14.4. The van der Waals surface area contributed by atoms with Gasteiger partial charge in [-0.1, -0.05) is 42.0 Å². The number of hydrogen-bond donors (Lipinski definition) is 2. The van der Waals surface area contributed by atoms with Crippen molar-refractivity contribution in [3.05, 3.63) is 89.0 Å². The molecule has 3 aromatic rings. The van der Waals surface area contributed by atoms with E-state index in [4.69, 9.17) is 5.73 Å². The highest BCUT2D eigenvalue weighted by atomic mass is 16.1. The summed E-state index contributed by atoms with van der Waals surface area (Å²) >= 11 is 0. The van der Waals surface area contributed by atoms with E-state index in [1.165, 1.54) is 5.56 Å². The number of imidazole rings is 1. The molecule has 3 rings (SSSR count). The largest absolute Gasteiger partial charge is 0.338 e. The monoisotopic (exact) mass is 334 g/mol. The van der Waals surface area contributed by atoms with E-state index in [9.17, 15) is 4.79 Å². The van der Waals surface area contributed by atoms with Crippen molar-refractivity contribution in [1.29, 1.82) is 0 Å². The maximum Gasteiger partial charge on any atom is 0.252 e. The Balaban J connectivity index is 1.90. The minimum absolute atomic E-state index is 0.142. The average molecular weight is 334 g/mol. The molecule has 2 aromatic carbocycles. The third-order valence-corrected chi connectivity index (χ3v) is 4.25. The third kappa shape index (κ3) is 3.78. The minimum atomic E-state index is -0.317. The number of rotatable bonds is 5. The molecule has 0 spiro atoms. The molecular formula is C20H22N4O. The fraction of sp³-hybridized carbons (Fsp3) is 0.200. The zero-order chi connectivity index (χ0) is 17.8. The van der Waals surface area contributed by atoms with E-state index >= 15 is 0 Å². The number of carbonyl (C=O) groups excluding carboxylic acids is 1. The van der Waals surface area contributed by atoms with Crippen molar-refractivity contribution in [3.63, 3.8) is 0 Å². The number of aryl methyl sites for hydroxylation is 2. The van der Waals surface area contributed by atoms with Crippen LogP contribution in [0.1, 0.15) is 38.9 Å². The summed E-state index contributed by atoms with van der Waals surface area (Å²) in [5.74, 6) is 0.646. The van der Waals surface area contributed by atoms with Crippen molar-refractivity contribution in [2.24, 2.45) is 12.8 Å². The number of benzene rings is 2. The summed E-state index contributed by atoms with van der Waals surface area (Å²) < 4.78 is 1.92. The summed E-state index contributed by atoms with van der Waals surface area (Å²) in [4.78, 5) is 17.1. The van der Waals surface area contributed by atoms with Crippen LogP contribution in [0.4, 0.5) is 0 Å². The van der Waals surface area contributed by atoms with Crippen LogP contribution in [0.5, 0.6) is 0 Å². The lowest BCUT2D eigenvalue weighted by Crippen LogP contribution is -2.31. The zero-order valence-electron chi connectivity index (χ0n) is 14.4. The van der Waals surface area contributed by atoms with Crippen molar-refractivity contribution in [2.75, 3.05) is 0 Å². The number of nitrogens with zero attached hydrogens (tertiary/aromatic N) is 2. The van der Waals surface area contributed by atoms with Crippen molar-refractivity contribution in [3.8, 4) is 0 Å². The van der Waals surface area contributed by atoms with Gasteiger partial charge >= 0.3 is 0 Å². The Labute approximate surface area is 147 Å². The summed E-state index contributed by atoms with van der Waals surface area (Å²) in [5.41, 5.74) is 9.38. The fourth-order valence-electron chi connectivity index (χ4n) is 2.72. The maximum atomic E-state index is 12.7. The van der Waals surface area contributed by atoms with Gasteiger partial charge in [0, 0.05) is 31.5 Å². The molecule has 25 heavy (non-hydrogen) atoms. The van der Waals surface area contributed by atoms with Crippen LogP contribution in [0.25, 0.3) is 0 Å². The van der Waals surface area contributed by atoms with Crippen molar-refractivity contribution in [1.82, 2.24) is 14.9 Å². The Hall–Kier alpha value is -2.92. The lowest BCUT2D eigenvalue weighted by molar-refractivity contribution is 0.0941. The first kappa shape index (κ1) is 16.9. The molecule has 1 unspecified atom stereocenters. The quantitative estimate of drug-likeness (QED) is 0.753. The molecule has 0 aliphatic heterocycles. The van der Waals surface area contributed by atoms with Gasteiger partial charge in [-0.3, -0.25) is 4.79 Å². The van der Waals surface area contributed by atoms with E-state index in [1.807, 2.05) is 61.1 Å². The average Bonchev–Trinajstić information content (AvgIpc) is 3.06. The van der Waals surface area contributed by atoms with E-state index in [0.29, 0.717) is 12.1 Å². The van der Waals surface area contributed by atoms with Gasteiger partial charge in [0.05, 0.1) is 0 Å². The molecule has 1 amide bonds. The lowest BCUT2D eigenvalue weighted by atomic mass is 10.0. The second-order valence-corrected chi connectivity index (χ2v) is 6.11. The van der Waals surface area contributed by atoms with Crippen molar-refractivity contribution >= 4 is 5.91 Å². The molecule has 1 aromatic heterocycles. The van der Waals surface area contributed by atoms with Crippen LogP contribution in [0, 0.1) is 6.92 Å². The Morgan fingerprint density at radius 3 is 2.40 bits per heavy atom. The predicted molar refractivity (Wildman–Crippen MR) is 98.0 cm³/mol. The Bertz CT molecular complexity index is 850. The van der Waals surface area contributed by atoms with Gasteiger partial charge in [0.25, 0.3) is 5.91 Å². The van der Waals surface area contributed by atoms with Crippen LogP contribution in [-0.4, -0.2) is 15.5 Å². The summed E-state index contributed by atoms with van der Waals surface area (Å²) in [6, 6.07) is 15.1. The van der Waals surface area contributed by atoms with Gasteiger partial charge in [-0.05, 0) is 30.2 Å². The molecule has 0 radical (unpaired) electrons. The van der Waals surface area contributed by atoms with Crippen molar-refractivity contribution in [2.45, 2.75) is 19.5 Å². The number of nitrogens with one attached hydrogen (secondary N) is 1. The smallest absolute Gasteiger partial charge is 0.252 e. The Kier molecular flexibility index (Phi) is 4.95. The molecule has 3 N–H and O–H groups in total. The predicted octanol–water partition coefficient (Wildman–Crippen LogP) is 2.71. The van der Waals surface area contributed by atoms with E-state index in [1.54, 1.807) is 18.3 Å². The van der Waals surface area contributed by atoms with Crippen LogP contribution in [0.15, 0.2) is 60.9 Å². The van der Waals surface area contributed by atoms with Gasteiger partial charge in [0.2, 0.25) is 0 Å². The second kappa shape index (κ2) is 7.32. The Morgan fingerprint density at radius 1 is 1.16 bits per heavy atom. The van der Waals surface area contributed by atoms with Gasteiger partial charge in [-0.25, -0.2) is 4.98 Å². The standard InChI is InChI=1S/C20H22N4O/c1-14-3-7-16(8-4-14)18(19-22-11-12-24(19)2)23-20(25)17-9-5-15(13-21)6-10-17/h3-12,18H,13,21H2,1-2H3,(H,23,25). The molecule has 5 heteroatoms. The first-order valence-corrected chi connectivity index (χ1v) is 8.22. The number of amides is 1. The second-order valence-electron chi connectivity index (χ2n) is 6.11. The van der Waals surface area contributed by atoms with Crippen LogP contribution in [0.2, 0.25) is 0 Å². The molecule has 128 valence electrons. The van der Waals surface area contributed by atoms with Crippen LogP contribution in [0.3, 0.4) is 0 Å². The molecule has 0 saturated carbocycles. The summed E-state index contributed by atoms with van der Waals surface area (Å²) in [7, 11) is 1.92. The van der Waals surface area contributed by atoms with Crippen LogP contribution < -0.4 is 11.1 Å². The van der Waals surface area contributed by atoms with E-state index < -0.39 is 0 Å². The number of hydrogen-bond acceptors (Lipinski definition) is 3. The first-order valence-electron chi connectivity index (χ1n) is 8.22. The molecule has 1 atom stereocenters. The van der Waals surface area contributed by atoms with Crippen LogP contribution >= 0.6 is 0 Å². The van der Waals surface area contributed by atoms with E-state index in [0.717, 1.165) is 17.0 Å². The number of aromatic nitrogens is 2. The SMILES string of the molecule is Cc1ccc(C(NC(=O)c2ccc(CN)cc2)c2nccn2C)cc1. The number of carbonyl (C=O) groups is 1. The molecule has 5 nitrogen and oxygen atoms in total. The third-order valence-electron chi connectivity index (χ3n) is 4.25. The highest BCUT2D eigenvalue weighted by Gasteiger charge is 2.21.